The van der Waals surface area contributed by atoms with E-state index >= 15 is 0 Å². The van der Waals surface area contributed by atoms with Crippen LogP contribution in [0.4, 0.5) is 17.3 Å². The molecule has 0 saturated carbocycles. The SMILES string of the molecule is COc1cccnc1N(Cc1ccc(C(=O)NO)cc1)c1ccc(N2CCOCC2)cn1. The van der Waals surface area contributed by atoms with Crippen LogP contribution in [0.1, 0.15) is 15.9 Å². The lowest BCUT2D eigenvalue weighted by molar-refractivity contribution is 0.0706. The second-order valence-corrected chi connectivity index (χ2v) is 7.23. The average molecular weight is 435 g/mol. The molecule has 1 amide bonds. The van der Waals surface area contributed by atoms with Crippen molar-refractivity contribution in [2.75, 3.05) is 43.2 Å². The molecule has 1 aliphatic rings. The fourth-order valence-electron chi connectivity index (χ4n) is 3.56. The Morgan fingerprint density at radius 2 is 1.94 bits per heavy atom. The minimum Gasteiger partial charge on any atom is -0.493 e. The minimum absolute atomic E-state index is 0.367. The van der Waals surface area contributed by atoms with E-state index in [0.29, 0.717) is 36.9 Å². The molecular formula is C23H25N5O4. The lowest BCUT2D eigenvalue weighted by atomic mass is 10.1. The summed E-state index contributed by atoms with van der Waals surface area (Å²) in [5.41, 5.74) is 3.99. The second kappa shape index (κ2) is 10.1. The van der Waals surface area contributed by atoms with E-state index < -0.39 is 5.91 Å². The van der Waals surface area contributed by atoms with Crippen LogP contribution in [0.5, 0.6) is 5.75 Å². The Kier molecular flexibility index (Phi) is 6.78. The lowest BCUT2D eigenvalue weighted by Crippen LogP contribution is -2.36. The Morgan fingerprint density at radius 3 is 2.59 bits per heavy atom. The molecule has 0 aliphatic carbocycles. The quantitative estimate of drug-likeness (QED) is 0.432. The summed E-state index contributed by atoms with van der Waals surface area (Å²) in [6.07, 6.45) is 3.57. The number of hydroxylamine groups is 1. The number of anilines is 3. The number of nitrogens with one attached hydrogen (secondary N) is 1. The van der Waals surface area contributed by atoms with E-state index in [1.54, 1.807) is 30.9 Å². The number of nitrogens with zero attached hydrogens (tertiary/aromatic N) is 4. The fourth-order valence-corrected chi connectivity index (χ4v) is 3.56. The Hall–Kier alpha value is -3.69. The number of morpholine rings is 1. The van der Waals surface area contributed by atoms with Gasteiger partial charge in [-0.2, -0.15) is 0 Å². The van der Waals surface area contributed by atoms with Crippen LogP contribution in [0.3, 0.4) is 0 Å². The predicted octanol–water partition coefficient (Wildman–Crippen LogP) is 2.78. The third-order valence-corrected chi connectivity index (χ3v) is 5.27. The van der Waals surface area contributed by atoms with Gasteiger partial charge in [0.2, 0.25) is 0 Å². The van der Waals surface area contributed by atoms with E-state index in [-0.39, 0.29) is 0 Å². The highest BCUT2D eigenvalue weighted by Crippen LogP contribution is 2.32. The highest BCUT2D eigenvalue weighted by atomic mass is 16.5. The van der Waals surface area contributed by atoms with Crippen LogP contribution in [0.2, 0.25) is 0 Å². The second-order valence-electron chi connectivity index (χ2n) is 7.23. The molecule has 3 heterocycles. The molecule has 0 bridgehead atoms. The summed E-state index contributed by atoms with van der Waals surface area (Å²) >= 11 is 0. The highest BCUT2D eigenvalue weighted by Gasteiger charge is 2.19. The van der Waals surface area contributed by atoms with Crippen molar-refractivity contribution in [1.82, 2.24) is 15.4 Å². The first-order chi connectivity index (χ1) is 15.7. The van der Waals surface area contributed by atoms with Gasteiger partial charge in [-0.1, -0.05) is 12.1 Å². The number of hydrogen-bond donors (Lipinski definition) is 2. The number of ether oxygens (including phenoxy) is 2. The molecule has 0 spiro atoms. The monoisotopic (exact) mass is 435 g/mol. The topological polar surface area (TPSA) is 100 Å². The van der Waals surface area contributed by atoms with Gasteiger partial charge < -0.3 is 19.3 Å². The largest absolute Gasteiger partial charge is 0.493 e. The Bertz CT molecular complexity index is 1040. The van der Waals surface area contributed by atoms with Gasteiger partial charge in [-0.25, -0.2) is 15.4 Å². The molecule has 1 saturated heterocycles. The highest BCUT2D eigenvalue weighted by molar-refractivity contribution is 5.93. The number of carbonyl (C=O) groups is 1. The van der Waals surface area contributed by atoms with Crippen molar-refractivity contribution in [2.24, 2.45) is 0 Å². The maximum absolute atomic E-state index is 11.6. The van der Waals surface area contributed by atoms with Crippen LogP contribution in [0.25, 0.3) is 0 Å². The summed E-state index contributed by atoms with van der Waals surface area (Å²) in [7, 11) is 1.61. The fraction of sp³-hybridized carbons (Fsp3) is 0.261. The van der Waals surface area contributed by atoms with E-state index in [9.17, 15) is 4.79 Å². The van der Waals surface area contributed by atoms with Gasteiger partial charge >= 0.3 is 0 Å². The number of aromatic nitrogens is 2. The number of rotatable bonds is 7. The van der Waals surface area contributed by atoms with Crippen molar-refractivity contribution in [3.63, 3.8) is 0 Å². The van der Waals surface area contributed by atoms with Crippen molar-refractivity contribution in [3.05, 3.63) is 72.1 Å². The molecule has 166 valence electrons. The summed E-state index contributed by atoms with van der Waals surface area (Å²) < 4.78 is 11.0. The lowest BCUT2D eigenvalue weighted by Gasteiger charge is -2.29. The van der Waals surface area contributed by atoms with E-state index in [1.807, 2.05) is 47.5 Å². The zero-order valence-electron chi connectivity index (χ0n) is 17.8. The van der Waals surface area contributed by atoms with Gasteiger partial charge in [0.15, 0.2) is 11.6 Å². The molecule has 1 aromatic carbocycles. The van der Waals surface area contributed by atoms with Crippen LogP contribution in [0.15, 0.2) is 60.9 Å². The average Bonchev–Trinajstić information content (AvgIpc) is 2.88. The molecule has 9 nitrogen and oxygen atoms in total. The van der Waals surface area contributed by atoms with E-state index in [4.69, 9.17) is 19.7 Å². The van der Waals surface area contributed by atoms with Crippen molar-refractivity contribution >= 4 is 23.2 Å². The smallest absolute Gasteiger partial charge is 0.274 e. The zero-order valence-corrected chi connectivity index (χ0v) is 17.8. The molecule has 1 aliphatic heterocycles. The summed E-state index contributed by atoms with van der Waals surface area (Å²) in [4.78, 5) is 25.1. The summed E-state index contributed by atoms with van der Waals surface area (Å²) in [6, 6.07) is 14.7. The van der Waals surface area contributed by atoms with E-state index in [1.165, 1.54) is 0 Å². The molecule has 1 fully saturated rings. The summed E-state index contributed by atoms with van der Waals surface area (Å²) in [5, 5.41) is 8.83. The first-order valence-corrected chi connectivity index (χ1v) is 10.3. The van der Waals surface area contributed by atoms with Crippen LogP contribution >= 0.6 is 0 Å². The Labute approximate surface area is 186 Å². The summed E-state index contributed by atoms with van der Waals surface area (Å²) in [6.45, 7) is 3.56. The standard InChI is InChI=1S/C23H25N5O4/c1-31-20-3-2-10-24-22(20)28(16-17-4-6-18(7-5-17)23(29)26-30)21-9-8-19(15-25-21)27-11-13-32-14-12-27/h2-10,15,30H,11-14,16H2,1H3,(H,26,29). The Morgan fingerprint density at radius 1 is 1.16 bits per heavy atom. The number of pyridine rings is 2. The predicted molar refractivity (Wildman–Crippen MR) is 120 cm³/mol. The van der Waals surface area contributed by atoms with Gasteiger partial charge in [-0.15, -0.1) is 0 Å². The molecule has 2 N–H and O–H groups in total. The molecule has 9 heteroatoms. The van der Waals surface area contributed by atoms with Gasteiger partial charge in [0, 0.05) is 24.8 Å². The van der Waals surface area contributed by atoms with Gasteiger partial charge in [0.25, 0.3) is 5.91 Å². The van der Waals surface area contributed by atoms with Crippen LogP contribution in [-0.4, -0.2) is 54.5 Å². The van der Waals surface area contributed by atoms with Crippen molar-refractivity contribution < 1.29 is 19.5 Å². The van der Waals surface area contributed by atoms with Crippen molar-refractivity contribution in [2.45, 2.75) is 6.54 Å². The first kappa shape index (κ1) is 21.5. The van der Waals surface area contributed by atoms with Crippen molar-refractivity contribution in [1.29, 1.82) is 0 Å². The molecule has 2 aromatic heterocycles. The van der Waals surface area contributed by atoms with Crippen LogP contribution < -0.4 is 20.0 Å². The molecule has 3 aromatic rings. The number of carbonyl (C=O) groups excluding carboxylic acids is 1. The van der Waals surface area contributed by atoms with Crippen molar-refractivity contribution in [3.8, 4) is 5.75 Å². The third kappa shape index (κ3) is 4.79. The minimum atomic E-state index is -0.555. The van der Waals surface area contributed by atoms with Crippen LogP contribution in [-0.2, 0) is 11.3 Å². The van der Waals surface area contributed by atoms with Gasteiger partial charge in [0.05, 0.1) is 38.8 Å². The molecule has 0 radical (unpaired) electrons. The summed E-state index contributed by atoms with van der Waals surface area (Å²) in [5.74, 6) is 1.43. The van der Waals surface area contributed by atoms with Gasteiger partial charge in [0.1, 0.15) is 5.82 Å². The Balaban J connectivity index is 1.64. The molecule has 32 heavy (non-hydrogen) atoms. The normalized spacial score (nSPS) is 13.5. The van der Waals surface area contributed by atoms with Gasteiger partial charge in [-0.05, 0) is 42.0 Å². The zero-order chi connectivity index (χ0) is 22.3. The number of amides is 1. The molecular weight excluding hydrogens is 410 g/mol. The number of hydrogen-bond acceptors (Lipinski definition) is 8. The van der Waals surface area contributed by atoms with Crippen LogP contribution in [0, 0.1) is 0 Å². The first-order valence-electron chi connectivity index (χ1n) is 10.3. The maximum Gasteiger partial charge on any atom is 0.274 e. The van der Waals surface area contributed by atoms with E-state index in [2.05, 4.69) is 9.88 Å². The number of methoxy groups -OCH3 is 1. The van der Waals surface area contributed by atoms with Gasteiger partial charge in [-0.3, -0.25) is 10.0 Å². The molecule has 4 rings (SSSR count). The third-order valence-electron chi connectivity index (χ3n) is 5.27. The van der Waals surface area contributed by atoms with E-state index in [0.717, 1.165) is 30.2 Å². The molecule has 0 unspecified atom stereocenters. The molecule has 0 atom stereocenters. The number of benzene rings is 1. The maximum atomic E-state index is 11.6.